The molecular weight excluding hydrogens is 384 g/mol. The van der Waals surface area contributed by atoms with E-state index in [2.05, 4.69) is 17.3 Å². The monoisotopic (exact) mass is 402 g/mol. The quantitative estimate of drug-likeness (QED) is 0.481. The Kier molecular flexibility index (Phi) is 3.48. The fourth-order valence-corrected chi connectivity index (χ4v) is 5.62. The summed E-state index contributed by atoms with van der Waals surface area (Å²) < 4.78 is 5.71. The van der Waals surface area contributed by atoms with Crippen LogP contribution in [0.1, 0.15) is 22.5 Å². The molecule has 7 rings (SSSR count). The second-order valence-corrected chi connectivity index (χ2v) is 8.44. The first-order valence-corrected chi connectivity index (χ1v) is 10.1. The van der Waals surface area contributed by atoms with Gasteiger partial charge in [-0.15, -0.1) is 0 Å². The molecule has 2 aromatic rings. The van der Waals surface area contributed by atoms with Gasteiger partial charge in [-0.2, -0.15) is 10.1 Å². The van der Waals surface area contributed by atoms with Crippen molar-refractivity contribution in [2.24, 2.45) is 40.6 Å². The van der Waals surface area contributed by atoms with Crippen LogP contribution in [-0.4, -0.2) is 34.1 Å². The number of furan rings is 1. The summed E-state index contributed by atoms with van der Waals surface area (Å²) in [5, 5.41) is 14.5. The molecule has 1 N–H and O–H groups in total. The first-order valence-electron chi connectivity index (χ1n) is 10.1. The lowest BCUT2D eigenvalue weighted by molar-refractivity contribution is -0.140. The van der Waals surface area contributed by atoms with Crippen LogP contribution in [0.3, 0.4) is 0 Å². The SMILES string of the molecule is O=C(O)c1ccccc1-c1ccc(/C=N\N2C(=O)[C@@H]3[C@@H]4C=C[C@H]([C@H]5C[C@H]45)[C@@H]3C2=O)o1. The highest BCUT2D eigenvalue weighted by Gasteiger charge is 2.67. The number of aromatic carboxylic acids is 1. The molecule has 1 saturated heterocycles. The second kappa shape index (κ2) is 6.01. The van der Waals surface area contributed by atoms with Crippen LogP contribution in [0.5, 0.6) is 0 Å². The summed E-state index contributed by atoms with van der Waals surface area (Å²) in [6.07, 6.45) is 6.70. The Hall–Kier alpha value is -3.48. The van der Waals surface area contributed by atoms with Crippen molar-refractivity contribution in [3.63, 3.8) is 0 Å². The number of hydrogen-bond acceptors (Lipinski definition) is 5. The fourth-order valence-electron chi connectivity index (χ4n) is 5.62. The van der Waals surface area contributed by atoms with Crippen molar-refractivity contribution in [3.05, 3.63) is 59.9 Å². The van der Waals surface area contributed by atoms with E-state index >= 15 is 0 Å². The molecule has 0 spiro atoms. The smallest absolute Gasteiger partial charge is 0.336 e. The highest BCUT2D eigenvalue weighted by Crippen LogP contribution is 2.65. The van der Waals surface area contributed by atoms with Gasteiger partial charge in [-0.1, -0.05) is 30.4 Å². The second-order valence-electron chi connectivity index (χ2n) is 8.44. The van der Waals surface area contributed by atoms with E-state index in [4.69, 9.17) is 4.42 Å². The highest BCUT2D eigenvalue weighted by molar-refractivity contribution is 6.06. The van der Waals surface area contributed by atoms with E-state index in [1.165, 1.54) is 12.3 Å². The normalized spacial score (nSPS) is 33.3. The molecule has 2 bridgehead atoms. The largest absolute Gasteiger partial charge is 0.478 e. The molecule has 6 atom stereocenters. The molecule has 2 saturated carbocycles. The van der Waals surface area contributed by atoms with Crippen LogP contribution < -0.4 is 0 Å². The van der Waals surface area contributed by atoms with Crippen molar-refractivity contribution in [2.75, 3.05) is 0 Å². The van der Waals surface area contributed by atoms with E-state index in [-0.39, 0.29) is 41.0 Å². The Labute approximate surface area is 171 Å². The third-order valence-corrected chi connectivity index (χ3v) is 6.99. The molecule has 1 aromatic heterocycles. The topological polar surface area (TPSA) is 100 Å². The molecule has 30 heavy (non-hydrogen) atoms. The molecule has 5 aliphatic rings. The zero-order valence-corrected chi connectivity index (χ0v) is 15.8. The van der Waals surface area contributed by atoms with Gasteiger partial charge in [0.05, 0.1) is 23.6 Å². The van der Waals surface area contributed by atoms with Crippen LogP contribution >= 0.6 is 0 Å². The fraction of sp³-hybridized carbons (Fsp3) is 0.304. The molecule has 0 unspecified atom stereocenters. The van der Waals surface area contributed by atoms with E-state index in [1.54, 1.807) is 30.3 Å². The molecular formula is C23H18N2O5. The minimum Gasteiger partial charge on any atom is -0.478 e. The molecule has 3 fully saturated rings. The van der Waals surface area contributed by atoms with E-state index < -0.39 is 5.97 Å². The van der Waals surface area contributed by atoms with E-state index in [1.807, 2.05) is 0 Å². The van der Waals surface area contributed by atoms with Crippen molar-refractivity contribution in [1.82, 2.24) is 5.01 Å². The van der Waals surface area contributed by atoms with Crippen molar-refractivity contribution < 1.29 is 23.9 Å². The van der Waals surface area contributed by atoms with Crippen LogP contribution in [0.25, 0.3) is 11.3 Å². The van der Waals surface area contributed by atoms with Gasteiger partial charge in [0.1, 0.15) is 11.5 Å². The number of hydrogen-bond donors (Lipinski definition) is 1. The van der Waals surface area contributed by atoms with Crippen LogP contribution in [0.4, 0.5) is 0 Å². The number of carbonyl (C=O) groups is 3. The summed E-state index contributed by atoms with van der Waals surface area (Å²) in [6, 6.07) is 9.83. The van der Waals surface area contributed by atoms with Gasteiger partial charge >= 0.3 is 5.97 Å². The number of allylic oxidation sites excluding steroid dienone is 2. The first-order chi connectivity index (χ1) is 14.5. The summed E-state index contributed by atoms with van der Waals surface area (Å²) in [4.78, 5) is 37.3. The summed E-state index contributed by atoms with van der Waals surface area (Å²) in [7, 11) is 0. The minimum atomic E-state index is -1.05. The Balaban J connectivity index is 1.26. The number of nitrogens with zero attached hydrogens (tertiary/aromatic N) is 2. The molecule has 0 radical (unpaired) electrons. The average molecular weight is 402 g/mol. The van der Waals surface area contributed by atoms with Crippen molar-refractivity contribution in [3.8, 4) is 11.3 Å². The lowest BCUT2D eigenvalue weighted by atomic mass is 9.63. The zero-order chi connectivity index (χ0) is 20.6. The first kappa shape index (κ1) is 17.4. The molecule has 2 heterocycles. The third-order valence-electron chi connectivity index (χ3n) is 6.99. The predicted molar refractivity (Wildman–Crippen MR) is 105 cm³/mol. The van der Waals surface area contributed by atoms with E-state index in [9.17, 15) is 19.5 Å². The number of benzene rings is 1. The zero-order valence-electron chi connectivity index (χ0n) is 15.8. The van der Waals surface area contributed by atoms with Crippen LogP contribution in [0.2, 0.25) is 0 Å². The van der Waals surface area contributed by atoms with Crippen molar-refractivity contribution >= 4 is 24.0 Å². The van der Waals surface area contributed by atoms with Gasteiger partial charge in [0, 0.05) is 5.56 Å². The number of carboxylic acids is 1. The van der Waals surface area contributed by atoms with Crippen LogP contribution in [-0.2, 0) is 9.59 Å². The van der Waals surface area contributed by atoms with E-state index in [0.717, 1.165) is 11.4 Å². The highest BCUT2D eigenvalue weighted by atomic mass is 16.4. The summed E-state index contributed by atoms with van der Waals surface area (Å²) in [5.74, 6) is 0.0407. The molecule has 7 nitrogen and oxygen atoms in total. The van der Waals surface area contributed by atoms with Gasteiger partial charge in [-0.3, -0.25) is 9.59 Å². The van der Waals surface area contributed by atoms with Gasteiger partial charge in [0.15, 0.2) is 0 Å². The Morgan fingerprint density at radius 1 is 1.03 bits per heavy atom. The number of carboxylic acid groups (broad SMARTS) is 1. The third kappa shape index (κ3) is 2.32. The Morgan fingerprint density at radius 2 is 1.70 bits per heavy atom. The number of amides is 2. The number of imide groups is 1. The van der Waals surface area contributed by atoms with Crippen molar-refractivity contribution in [1.29, 1.82) is 0 Å². The number of hydrazone groups is 1. The summed E-state index contributed by atoms with van der Waals surface area (Å²) >= 11 is 0. The standard InChI is InChI=1S/C23H18N2O5/c26-21-19-13-6-7-14(17-9-16(13)17)20(19)22(27)25(21)24-10-11-5-8-18(30-11)12-3-1-2-4-15(12)23(28)29/h1-8,10,13-14,16-17,19-20H,9H2,(H,28,29)/b24-10-/t13-,14-,16-,17-,19-,20+/m1/s1. The minimum absolute atomic E-state index is 0.130. The Bertz CT molecular complexity index is 1130. The lowest BCUT2D eigenvalue weighted by Crippen LogP contribution is -2.40. The van der Waals surface area contributed by atoms with Gasteiger partial charge in [0.2, 0.25) is 0 Å². The van der Waals surface area contributed by atoms with Gasteiger partial charge in [-0.25, -0.2) is 4.79 Å². The Morgan fingerprint density at radius 3 is 2.37 bits per heavy atom. The summed E-state index contributed by atoms with van der Waals surface area (Å²) in [6.45, 7) is 0. The molecule has 150 valence electrons. The predicted octanol–water partition coefficient (Wildman–Crippen LogP) is 3.03. The number of carbonyl (C=O) groups excluding carboxylic acids is 2. The number of rotatable bonds is 4. The molecule has 7 heteroatoms. The van der Waals surface area contributed by atoms with Gasteiger partial charge in [-0.05, 0) is 48.3 Å². The van der Waals surface area contributed by atoms with Gasteiger partial charge in [0.25, 0.3) is 11.8 Å². The maximum absolute atomic E-state index is 12.9. The molecule has 4 aliphatic carbocycles. The summed E-state index contributed by atoms with van der Waals surface area (Å²) in [5.41, 5.74) is 0.580. The van der Waals surface area contributed by atoms with Crippen molar-refractivity contribution in [2.45, 2.75) is 6.42 Å². The lowest BCUT2D eigenvalue weighted by Gasteiger charge is -2.37. The maximum Gasteiger partial charge on any atom is 0.336 e. The van der Waals surface area contributed by atoms with E-state index in [0.29, 0.717) is 28.9 Å². The molecule has 1 aliphatic heterocycles. The van der Waals surface area contributed by atoms with Gasteiger partial charge < -0.3 is 9.52 Å². The van der Waals surface area contributed by atoms with Crippen LogP contribution in [0, 0.1) is 35.5 Å². The average Bonchev–Trinajstić information content (AvgIpc) is 3.39. The van der Waals surface area contributed by atoms with Crippen LogP contribution in [0.15, 0.2) is 58.1 Å². The molecule has 2 amide bonds. The maximum atomic E-state index is 12.9. The molecule has 1 aromatic carbocycles.